The topological polar surface area (TPSA) is 37.3 Å². The molecular formula is C14H24O2. The molecule has 1 N–H and O–H groups in total. The molecule has 2 fully saturated rings. The molecule has 2 aliphatic rings. The Hall–Kier alpha value is -0.530. The summed E-state index contributed by atoms with van der Waals surface area (Å²) in [6.45, 7) is 4.67. The van der Waals surface area contributed by atoms with Gasteiger partial charge in [0.1, 0.15) is 0 Å². The molecule has 0 amide bonds. The predicted molar refractivity (Wildman–Crippen MR) is 64.1 cm³/mol. The van der Waals surface area contributed by atoms with Gasteiger partial charge in [-0.05, 0) is 49.4 Å². The second-order valence-electron chi connectivity index (χ2n) is 6.07. The lowest BCUT2D eigenvalue weighted by Gasteiger charge is -2.36. The maximum atomic E-state index is 11.2. The van der Waals surface area contributed by atoms with Gasteiger partial charge in [0.25, 0.3) is 0 Å². The quantitative estimate of drug-likeness (QED) is 0.778. The van der Waals surface area contributed by atoms with Gasteiger partial charge in [0, 0.05) is 0 Å². The maximum absolute atomic E-state index is 11.2. The highest BCUT2D eigenvalue weighted by Gasteiger charge is 2.40. The molecule has 0 aliphatic heterocycles. The summed E-state index contributed by atoms with van der Waals surface area (Å²) in [5, 5.41) is 9.23. The Morgan fingerprint density at radius 1 is 1.06 bits per heavy atom. The summed E-state index contributed by atoms with van der Waals surface area (Å²) in [5.41, 5.74) is 0. The van der Waals surface area contributed by atoms with E-state index in [4.69, 9.17) is 0 Å². The van der Waals surface area contributed by atoms with Gasteiger partial charge in [-0.25, -0.2) is 0 Å². The number of hydrogen-bond donors (Lipinski definition) is 1. The van der Waals surface area contributed by atoms with E-state index in [0.717, 1.165) is 31.1 Å². The van der Waals surface area contributed by atoms with Crippen LogP contribution in [0, 0.1) is 29.6 Å². The van der Waals surface area contributed by atoms with Crippen molar-refractivity contribution in [3.05, 3.63) is 0 Å². The monoisotopic (exact) mass is 224 g/mol. The predicted octanol–water partition coefficient (Wildman–Crippen LogP) is 3.56. The number of carbonyl (C=O) groups is 1. The third kappa shape index (κ3) is 2.26. The highest BCUT2D eigenvalue weighted by Crippen LogP contribution is 2.45. The first-order valence-electron chi connectivity index (χ1n) is 6.82. The van der Waals surface area contributed by atoms with Crippen LogP contribution in [-0.4, -0.2) is 11.1 Å². The lowest BCUT2D eigenvalue weighted by molar-refractivity contribution is -0.143. The van der Waals surface area contributed by atoms with E-state index in [0.29, 0.717) is 11.8 Å². The molecule has 0 saturated heterocycles. The summed E-state index contributed by atoms with van der Waals surface area (Å²) < 4.78 is 0. The Kier molecular flexibility index (Phi) is 3.56. The van der Waals surface area contributed by atoms with Crippen molar-refractivity contribution in [3.8, 4) is 0 Å². The van der Waals surface area contributed by atoms with Crippen LogP contribution in [-0.2, 0) is 4.79 Å². The molecule has 0 heterocycles. The molecule has 5 atom stereocenters. The summed E-state index contributed by atoms with van der Waals surface area (Å²) >= 11 is 0. The van der Waals surface area contributed by atoms with E-state index in [-0.39, 0.29) is 5.92 Å². The van der Waals surface area contributed by atoms with Crippen LogP contribution in [0.15, 0.2) is 0 Å². The van der Waals surface area contributed by atoms with Gasteiger partial charge in [0.15, 0.2) is 0 Å². The van der Waals surface area contributed by atoms with Crippen molar-refractivity contribution in [1.29, 1.82) is 0 Å². The standard InChI is InChI=1S/C14H24O2/c1-9-6-7-11(8-10(9)2)12-4-3-5-13(12)14(15)16/h9-13H,3-8H2,1-2H3,(H,15,16). The lowest BCUT2D eigenvalue weighted by Crippen LogP contribution is -2.30. The zero-order valence-electron chi connectivity index (χ0n) is 10.5. The first-order chi connectivity index (χ1) is 7.59. The van der Waals surface area contributed by atoms with Gasteiger partial charge in [-0.15, -0.1) is 0 Å². The van der Waals surface area contributed by atoms with Gasteiger partial charge in [0.05, 0.1) is 5.92 Å². The molecule has 2 aliphatic carbocycles. The fourth-order valence-electron chi connectivity index (χ4n) is 3.84. The average Bonchev–Trinajstić information content (AvgIpc) is 2.71. The molecule has 92 valence electrons. The molecule has 0 bridgehead atoms. The summed E-state index contributed by atoms with van der Waals surface area (Å²) in [7, 11) is 0. The van der Waals surface area contributed by atoms with Crippen LogP contribution < -0.4 is 0 Å². The molecule has 16 heavy (non-hydrogen) atoms. The van der Waals surface area contributed by atoms with E-state index in [9.17, 15) is 9.90 Å². The molecule has 0 aromatic rings. The zero-order chi connectivity index (χ0) is 11.7. The van der Waals surface area contributed by atoms with Crippen molar-refractivity contribution in [2.75, 3.05) is 0 Å². The Labute approximate surface area is 98.4 Å². The Morgan fingerprint density at radius 2 is 1.81 bits per heavy atom. The van der Waals surface area contributed by atoms with Gasteiger partial charge in [-0.2, -0.15) is 0 Å². The Balaban J connectivity index is 1.99. The van der Waals surface area contributed by atoms with Crippen LogP contribution in [0.3, 0.4) is 0 Å². The molecule has 2 heteroatoms. The van der Waals surface area contributed by atoms with Crippen molar-refractivity contribution in [3.63, 3.8) is 0 Å². The van der Waals surface area contributed by atoms with E-state index in [1.807, 2.05) is 0 Å². The molecule has 5 unspecified atom stereocenters. The Bertz CT molecular complexity index is 261. The van der Waals surface area contributed by atoms with E-state index >= 15 is 0 Å². The van der Waals surface area contributed by atoms with Crippen LogP contribution in [0.4, 0.5) is 0 Å². The highest BCUT2D eigenvalue weighted by molar-refractivity contribution is 5.70. The second-order valence-corrected chi connectivity index (χ2v) is 6.07. The number of hydrogen-bond acceptors (Lipinski definition) is 1. The molecule has 0 aromatic carbocycles. The highest BCUT2D eigenvalue weighted by atomic mass is 16.4. The summed E-state index contributed by atoms with van der Waals surface area (Å²) in [6, 6.07) is 0. The van der Waals surface area contributed by atoms with E-state index in [1.54, 1.807) is 0 Å². The first kappa shape index (κ1) is 11.9. The van der Waals surface area contributed by atoms with Crippen LogP contribution >= 0.6 is 0 Å². The first-order valence-corrected chi connectivity index (χ1v) is 6.82. The third-order valence-corrected chi connectivity index (χ3v) is 5.13. The van der Waals surface area contributed by atoms with Crippen molar-refractivity contribution in [2.24, 2.45) is 29.6 Å². The Morgan fingerprint density at radius 3 is 2.44 bits per heavy atom. The van der Waals surface area contributed by atoms with Gasteiger partial charge < -0.3 is 5.11 Å². The summed E-state index contributed by atoms with van der Waals surface area (Å²) in [5.74, 6) is 2.20. The maximum Gasteiger partial charge on any atom is 0.306 e. The van der Waals surface area contributed by atoms with Crippen molar-refractivity contribution < 1.29 is 9.90 Å². The van der Waals surface area contributed by atoms with Gasteiger partial charge >= 0.3 is 5.97 Å². The van der Waals surface area contributed by atoms with E-state index in [1.165, 1.54) is 19.3 Å². The normalized spacial score (nSPS) is 44.5. The second kappa shape index (κ2) is 4.77. The molecule has 0 aromatic heterocycles. The summed E-state index contributed by atoms with van der Waals surface area (Å²) in [4.78, 5) is 11.2. The van der Waals surface area contributed by atoms with Crippen LogP contribution in [0.5, 0.6) is 0 Å². The molecule has 2 saturated carbocycles. The fourth-order valence-corrected chi connectivity index (χ4v) is 3.84. The molecule has 0 radical (unpaired) electrons. The zero-order valence-corrected chi connectivity index (χ0v) is 10.5. The van der Waals surface area contributed by atoms with Crippen molar-refractivity contribution in [1.82, 2.24) is 0 Å². The van der Waals surface area contributed by atoms with E-state index < -0.39 is 5.97 Å². The van der Waals surface area contributed by atoms with Gasteiger partial charge in [-0.1, -0.05) is 26.7 Å². The van der Waals surface area contributed by atoms with Crippen molar-refractivity contribution >= 4 is 5.97 Å². The molecule has 2 nitrogen and oxygen atoms in total. The minimum Gasteiger partial charge on any atom is -0.481 e. The SMILES string of the molecule is CC1CCC(C2CCCC2C(=O)O)CC1C. The number of rotatable bonds is 2. The summed E-state index contributed by atoms with van der Waals surface area (Å²) in [6.07, 6.45) is 7.02. The van der Waals surface area contributed by atoms with Crippen LogP contribution in [0.2, 0.25) is 0 Å². The number of carboxylic acids is 1. The van der Waals surface area contributed by atoms with Crippen LogP contribution in [0.1, 0.15) is 52.4 Å². The average molecular weight is 224 g/mol. The fraction of sp³-hybridized carbons (Fsp3) is 0.929. The minimum atomic E-state index is -0.547. The molecule has 2 rings (SSSR count). The van der Waals surface area contributed by atoms with Gasteiger partial charge in [0.2, 0.25) is 0 Å². The van der Waals surface area contributed by atoms with Crippen molar-refractivity contribution in [2.45, 2.75) is 52.4 Å². The number of carboxylic acid groups (broad SMARTS) is 1. The van der Waals surface area contributed by atoms with Gasteiger partial charge in [-0.3, -0.25) is 4.79 Å². The molecule has 0 spiro atoms. The minimum absolute atomic E-state index is 0.0365. The lowest BCUT2D eigenvalue weighted by atomic mass is 9.69. The smallest absolute Gasteiger partial charge is 0.306 e. The molecular weight excluding hydrogens is 200 g/mol. The van der Waals surface area contributed by atoms with Crippen LogP contribution in [0.25, 0.3) is 0 Å². The number of aliphatic carboxylic acids is 1. The van der Waals surface area contributed by atoms with E-state index in [2.05, 4.69) is 13.8 Å². The largest absolute Gasteiger partial charge is 0.481 e. The third-order valence-electron chi connectivity index (χ3n) is 5.13.